The van der Waals surface area contributed by atoms with Crippen molar-refractivity contribution in [3.63, 3.8) is 0 Å². The number of alkyl halides is 1. The van der Waals surface area contributed by atoms with Gasteiger partial charge in [0, 0.05) is 24.0 Å². The summed E-state index contributed by atoms with van der Waals surface area (Å²) in [5, 5.41) is 0. The predicted molar refractivity (Wildman–Crippen MR) is 88.0 cm³/mol. The summed E-state index contributed by atoms with van der Waals surface area (Å²) < 4.78 is 2.36. The third-order valence-corrected chi connectivity index (χ3v) is 5.00. The van der Waals surface area contributed by atoms with Crippen LogP contribution in [-0.2, 0) is 6.42 Å². The van der Waals surface area contributed by atoms with E-state index in [9.17, 15) is 0 Å². The highest BCUT2D eigenvalue weighted by Gasteiger charge is 2.25. The molecule has 2 heterocycles. The standard InChI is InChI=1S/C17H24ClN3/c1-12-8-9-15-17(19-12)21(16(20-15)10-11-18)13(2)14-6-4-3-5-7-14/h8-9,13-14H,3-7,10-11H2,1-2H3. The minimum Gasteiger partial charge on any atom is -0.310 e. The van der Waals surface area contributed by atoms with E-state index in [0.717, 1.165) is 35.0 Å². The minimum absolute atomic E-state index is 0.461. The van der Waals surface area contributed by atoms with Crippen molar-refractivity contribution < 1.29 is 0 Å². The van der Waals surface area contributed by atoms with Crippen LogP contribution in [0.5, 0.6) is 0 Å². The molecule has 0 amide bonds. The number of aryl methyl sites for hydroxylation is 2. The van der Waals surface area contributed by atoms with E-state index in [1.165, 1.54) is 32.1 Å². The molecule has 0 bridgehead atoms. The molecular weight excluding hydrogens is 282 g/mol. The Morgan fingerprint density at radius 3 is 2.71 bits per heavy atom. The molecule has 0 aromatic carbocycles. The lowest BCUT2D eigenvalue weighted by Crippen LogP contribution is -2.21. The van der Waals surface area contributed by atoms with E-state index in [-0.39, 0.29) is 0 Å². The van der Waals surface area contributed by atoms with Crippen molar-refractivity contribution in [2.75, 3.05) is 5.88 Å². The fourth-order valence-corrected chi connectivity index (χ4v) is 3.80. The lowest BCUT2D eigenvalue weighted by atomic mass is 9.84. The average Bonchev–Trinajstić information content (AvgIpc) is 2.85. The number of aromatic nitrogens is 3. The first-order valence-electron chi connectivity index (χ1n) is 8.11. The first-order chi connectivity index (χ1) is 10.2. The van der Waals surface area contributed by atoms with Crippen LogP contribution in [0.3, 0.4) is 0 Å². The monoisotopic (exact) mass is 305 g/mol. The Morgan fingerprint density at radius 1 is 1.24 bits per heavy atom. The van der Waals surface area contributed by atoms with Gasteiger partial charge in [0.25, 0.3) is 0 Å². The van der Waals surface area contributed by atoms with Crippen LogP contribution in [0.15, 0.2) is 12.1 Å². The molecule has 0 spiro atoms. The smallest absolute Gasteiger partial charge is 0.160 e. The average molecular weight is 306 g/mol. The highest BCUT2D eigenvalue weighted by Crippen LogP contribution is 2.35. The Kier molecular flexibility index (Phi) is 4.48. The zero-order valence-electron chi connectivity index (χ0n) is 13.0. The van der Waals surface area contributed by atoms with Crippen molar-refractivity contribution in [1.82, 2.24) is 14.5 Å². The van der Waals surface area contributed by atoms with Crippen LogP contribution in [0.2, 0.25) is 0 Å². The Morgan fingerprint density at radius 2 is 2.00 bits per heavy atom. The van der Waals surface area contributed by atoms with Gasteiger partial charge in [0.1, 0.15) is 11.3 Å². The first kappa shape index (κ1) is 14.8. The summed E-state index contributed by atoms with van der Waals surface area (Å²) in [6.45, 7) is 4.38. The van der Waals surface area contributed by atoms with Gasteiger partial charge >= 0.3 is 0 Å². The molecule has 1 saturated carbocycles. The maximum Gasteiger partial charge on any atom is 0.160 e. The van der Waals surface area contributed by atoms with Crippen molar-refractivity contribution in [2.24, 2.45) is 5.92 Å². The van der Waals surface area contributed by atoms with E-state index in [0.29, 0.717) is 11.9 Å². The normalized spacial score (nSPS) is 18.2. The fourth-order valence-electron chi connectivity index (χ4n) is 3.63. The fraction of sp³-hybridized carbons (Fsp3) is 0.647. The van der Waals surface area contributed by atoms with Crippen LogP contribution in [0.4, 0.5) is 0 Å². The van der Waals surface area contributed by atoms with Crippen LogP contribution in [0, 0.1) is 12.8 Å². The molecule has 1 aliphatic carbocycles. The largest absolute Gasteiger partial charge is 0.310 e. The molecule has 0 aliphatic heterocycles. The highest BCUT2D eigenvalue weighted by molar-refractivity contribution is 6.17. The topological polar surface area (TPSA) is 30.7 Å². The van der Waals surface area contributed by atoms with Gasteiger partial charge in [0.05, 0.1) is 0 Å². The second-order valence-corrected chi connectivity index (χ2v) is 6.65. The number of nitrogens with zero attached hydrogens (tertiary/aromatic N) is 3. The number of halogens is 1. The van der Waals surface area contributed by atoms with E-state index < -0.39 is 0 Å². The van der Waals surface area contributed by atoms with Gasteiger partial charge in [-0.05, 0) is 44.7 Å². The summed E-state index contributed by atoms with van der Waals surface area (Å²) in [4.78, 5) is 9.53. The van der Waals surface area contributed by atoms with Crippen LogP contribution in [-0.4, -0.2) is 20.4 Å². The van der Waals surface area contributed by atoms with Crippen molar-refractivity contribution in [2.45, 2.75) is 58.4 Å². The molecule has 1 atom stereocenters. The maximum atomic E-state index is 5.98. The SMILES string of the molecule is Cc1ccc2nc(CCCl)n(C(C)C3CCCCC3)c2n1. The summed E-state index contributed by atoms with van der Waals surface area (Å²) in [6.07, 6.45) is 7.58. The molecule has 2 aromatic rings. The Labute approximate surface area is 131 Å². The molecule has 21 heavy (non-hydrogen) atoms. The van der Waals surface area contributed by atoms with Gasteiger partial charge in [0.15, 0.2) is 5.65 Å². The molecule has 4 heteroatoms. The van der Waals surface area contributed by atoms with Gasteiger partial charge in [-0.2, -0.15) is 0 Å². The van der Waals surface area contributed by atoms with Gasteiger partial charge < -0.3 is 4.57 Å². The molecule has 0 radical (unpaired) electrons. The van der Waals surface area contributed by atoms with Crippen molar-refractivity contribution in [1.29, 1.82) is 0 Å². The molecular formula is C17H24ClN3. The maximum absolute atomic E-state index is 5.98. The second-order valence-electron chi connectivity index (χ2n) is 6.27. The summed E-state index contributed by atoms with van der Waals surface area (Å²) >= 11 is 5.98. The molecule has 0 N–H and O–H groups in total. The number of pyridine rings is 1. The van der Waals surface area contributed by atoms with Gasteiger partial charge in [0.2, 0.25) is 0 Å². The quantitative estimate of drug-likeness (QED) is 0.769. The molecule has 1 aliphatic rings. The van der Waals surface area contributed by atoms with E-state index in [2.05, 4.69) is 17.6 Å². The zero-order chi connectivity index (χ0) is 14.8. The van der Waals surface area contributed by atoms with Crippen LogP contribution in [0.1, 0.15) is 56.6 Å². The molecule has 2 aromatic heterocycles. The summed E-state index contributed by atoms with van der Waals surface area (Å²) in [5.41, 5.74) is 3.09. The van der Waals surface area contributed by atoms with Crippen LogP contribution >= 0.6 is 11.6 Å². The molecule has 1 fully saturated rings. The number of hydrogen-bond donors (Lipinski definition) is 0. The molecule has 114 valence electrons. The van der Waals surface area contributed by atoms with E-state index in [1.807, 2.05) is 13.0 Å². The summed E-state index contributed by atoms with van der Waals surface area (Å²) in [6, 6.07) is 4.58. The molecule has 1 unspecified atom stereocenters. The third-order valence-electron chi connectivity index (χ3n) is 4.81. The molecule has 0 saturated heterocycles. The van der Waals surface area contributed by atoms with Gasteiger partial charge in [-0.1, -0.05) is 19.3 Å². The highest BCUT2D eigenvalue weighted by atomic mass is 35.5. The Balaban J connectivity index is 2.04. The number of rotatable bonds is 4. The van der Waals surface area contributed by atoms with Gasteiger partial charge in [-0.3, -0.25) is 0 Å². The minimum atomic E-state index is 0.461. The number of fused-ring (bicyclic) bond motifs is 1. The van der Waals surface area contributed by atoms with E-state index in [4.69, 9.17) is 21.6 Å². The van der Waals surface area contributed by atoms with Crippen LogP contribution in [0.25, 0.3) is 11.2 Å². The molecule has 3 nitrogen and oxygen atoms in total. The van der Waals surface area contributed by atoms with Crippen molar-refractivity contribution in [3.05, 3.63) is 23.7 Å². The Hall–Kier alpha value is -1.09. The van der Waals surface area contributed by atoms with Gasteiger partial charge in [-0.15, -0.1) is 11.6 Å². The zero-order valence-corrected chi connectivity index (χ0v) is 13.7. The van der Waals surface area contributed by atoms with Crippen LogP contribution < -0.4 is 0 Å². The summed E-state index contributed by atoms with van der Waals surface area (Å²) in [7, 11) is 0. The van der Waals surface area contributed by atoms with E-state index in [1.54, 1.807) is 0 Å². The summed E-state index contributed by atoms with van der Waals surface area (Å²) in [5.74, 6) is 2.45. The third kappa shape index (κ3) is 2.94. The molecule has 3 rings (SSSR count). The van der Waals surface area contributed by atoms with Crippen molar-refractivity contribution >= 4 is 22.8 Å². The first-order valence-corrected chi connectivity index (χ1v) is 8.64. The predicted octanol–water partition coefficient (Wildman–Crippen LogP) is 4.66. The Bertz CT molecular complexity index is 614. The number of imidazole rings is 1. The van der Waals surface area contributed by atoms with E-state index >= 15 is 0 Å². The van der Waals surface area contributed by atoms with Gasteiger partial charge in [-0.25, -0.2) is 9.97 Å². The second kappa shape index (κ2) is 6.35. The lowest BCUT2D eigenvalue weighted by molar-refractivity contribution is 0.263. The lowest BCUT2D eigenvalue weighted by Gasteiger charge is -2.29. The number of hydrogen-bond acceptors (Lipinski definition) is 2. The van der Waals surface area contributed by atoms with Crippen molar-refractivity contribution in [3.8, 4) is 0 Å².